The van der Waals surface area contributed by atoms with E-state index in [1.807, 2.05) is 0 Å². The van der Waals surface area contributed by atoms with Crippen molar-refractivity contribution in [3.8, 4) is 0 Å². The number of nitrogens with one attached hydrogen (secondary N) is 1. The number of aryl methyl sites for hydroxylation is 1. The van der Waals surface area contributed by atoms with Crippen molar-refractivity contribution in [1.82, 2.24) is 5.32 Å². The Hall–Kier alpha value is -0.380. The normalized spacial score (nSPS) is 13.0. The Bertz CT molecular complexity index is 270. The molecule has 0 aliphatic heterocycles. The molecule has 0 aliphatic rings. The summed E-state index contributed by atoms with van der Waals surface area (Å²) < 4.78 is 0. The lowest BCUT2D eigenvalue weighted by molar-refractivity contribution is 0.469. The van der Waals surface area contributed by atoms with E-state index in [1.165, 1.54) is 17.5 Å². The predicted octanol–water partition coefficient (Wildman–Crippen LogP) is 2.52. The molecular weight excluding hydrogens is 204 g/mol. The maximum Gasteiger partial charge on any atom is 0.0216 e. The lowest BCUT2D eigenvalue weighted by Gasteiger charge is -2.11. The van der Waals surface area contributed by atoms with Gasteiger partial charge in [0, 0.05) is 6.54 Å². The summed E-state index contributed by atoms with van der Waals surface area (Å²) in [5.41, 5.74) is 8.32. The Balaban J connectivity index is 2.13. The molecule has 1 unspecified atom stereocenters. The number of rotatable bonds is 7. The minimum atomic E-state index is 0.729. The van der Waals surface area contributed by atoms with E-state index in [0.717, 1.165) is 32.0 Å². The summed E-state index contributed by atoms with van der Waals surface area (Å²) in [6.07, 6.45) is 2.37. The molecule has 1 atom stereocenters. The Labute approximate surface area is 96.9 Å². The second kappa shape index (κ2) is 6.99. The molecule has 0 saturated carbocycles. The van der Waals surface area contributed by atoms with Gasteiger partial charge in [-0.3, -0.25) is 0 Å². The fourth-order valence-electron chi connectivity index (χ4n) is 1.59. The SMILES string of the molecule is Cc1cscc1CNCC(C)CCCN. The monoisotopic (exact) mass is 226 g/mol. The van der Waals surface area contributed by atoms with E-state index in [-0.39, 0.29) is 0 Å². The third-order valence-electron chi connectivity index (χ3n) is 2.67. The molecule has 1 rings (SSSR count). The molecule has 0 spiro atoms. The molecule has 0 aromatic carbocycles. The number of nitrogens with two attached hydrogens (primary N) is 1. The molecule has 86 valence electrons. The smallest absolute Gasteiger partial charge is 0.0216 e. The zero-order valence-electron chi connectivity index (χ0n) is 9.75. The molecule has 0 radical (unpaired) electrons. The van der Waals surface area contributed by atoms with Gasteiger partial charge in [0.25, 0.3) is 0 Å². The van der Waals surface area contributed by atoms with Gasteiger partial charge in [0.1, 0.15) is 0 Å². The molecule has 0 fully saturated rings. The Morgan fingerprint density at radius 3 is 2.87 bits per heavy atom. The van der Waals surface area contributed by atoms with Crippen molar-refractivity contribution in [2.75, 3.05) is 13.1 Å². The molecule has 3 heteroatoms. The van der Waals surface area contributed by atoms with Crippen molar-refractivity contribution in [3.63, 3.8) is 0 Å². The predicted molar refractivity (Wildman–Crippen MR) is 68.2 cm³/mol. The van der Waals surface area contributed by atoms with Crippen molar-refractivity contribution >= 4 is 11.3 Å². The highest BCUT2D eigenvalue weighted by molar-refractivity contribution is 7.08. The van der Waals surface area contributed by atoms with Crippen molar-refractivity contribution in [3.05, 3.63) is 21.9 Å². The standard InChI is InChI=1S/C12H22N2S/c1-10(4-3-5-13)6-14-7-12-9-15-8-11(12)2/h8-10,14H,3-7,13H2,1-2H3. The first-order chi connectivity index (χ1) is 7.24. The van der Waals surface area contributed by atoms with Crippen LogP contribution in [0.3, 0.4) is 0 Å². The van der Waals surface area contributed by atoms with E-state index >= 15 is 0 Å². The van der Waals surface area contributed by atoms with Gasteiger partial charge in [-0.1, -0.05) is 6.92 Å². The van der Waals surface area contributed by atoms with Crippen LogP contribution in [0.2, 0.25) is 0 Å². The van der Waals surface area contributed by atoms with Gasteiger partial charge in [-0.15, -0.1) is 0 Å². The van der Waals surface area contributed by atoms with Crippen LogP contribution in [-0.4, -0.2) is 13.1 Å². The van der Waals surface area contributed by atoms with Crippen LogP contribution < -0.4 is 11.1 Å². The largest absolute Gasteiger partial charge is 0.330 e. The van der Waals surface area contributed by atoms with Gasteiger partial charge in [0.05, 0.1) is 0 Å². The first kappa shape index (κ1) is 12.7. The molecule has 1 heterocycles. The lowest BCUT2D eigenvalue weighted by atomic mass is 10.1. The Morgan fingerprint density at radius 2 is 2.27 bits per heavy atom. The van der Waals surface area contributed by atoms with Crippen LogP contribution in [0.4, 0.5) is 0 Å². The van der Waals surface area contributed by atoms with Gasteiger partial charge < -0.3 is 11.1 Å². The summed E-state index contributed by atoms with van der Waals surface area (Å²) in [7, 11) is 0. The van der Waals surface area contributed by atoms with Crippen LogP contribution in [0.25, 0.3) is 0 Å². The van der Waals surface area contributed by atoms with Crippen LogP contribution in [-0.2, 0) is 6.54 Å². The van der Waals surface area contributed by atoms with E-state index in [1.54, 1.807) is 11.3 Å². The van der Waals surface area contributed by atoms with Gasteiger partial charge in [-0.2, -0.15) is 11.3 Å². The topological polar surface area (TPSA) is 38.0 Å². The third kappa shape index (κ3) is 4.78. The third-order valence-corrected chi connectivity index (χ3v) is 3.58. The summed E-state index contributed by atoms with van der Waals surface area (Å²) in [5, 5.41) is 7.94. The summed E-state index contributed by atoms with van der Waals surface area (Å²) in [6, 6.07) is 0. The van der Waals surface area contributed by atoms with Crippen LogP contribution in [0.1, 0.15) is 30.9 Å². The molecule has 2 nitrogen and oxygen atoms in total. The van der Waals surface area contributed by atoms with Gasteiger partial charge in [-0.25, -0.2) is 0 Å². The maximum absolute atomic E-state index is 5.48. The van der Waals surface area contributed by atoms with Crippen LogP contribution in [0, 0.1) is 12.8 Å². The quantitative estimate of drug-likeness (QED) is 0.750. The average molecular weight is 226 g/mol. The van der Waals surface area contributed by atoms with Crippen LogP contribution in [0.15, 0.2) is 10.8 Å². The average Bonchev–Trinajstić information content (AvgIpc) is 2.61. The molecule has 1 aromatic rings. The minimum absolute atomic E-state index is 0.729. The Morgan fingerprint density at radius 1 is 1.47 bits per heavy atom. The van der Waals surface area contributed by atoms with Gasteiger partial charge in [-0.05, 0) is 60.7 Å². The van der Waals surface area contributed by atoms with E-state index in [4.69, 9.17) is 5.73 Å². The van der Waals surface area contributed by atoms with Crippen molar-refractivity contribution < 1.29 is 0 Å². The van der Waals surface area contributed by atoms with Crippen molar-refractivity contribution in [2.24, 2.45) is 11.7 Å². The van der Waals surface area contributed by atoms with Gasteiger partial charge in [0.15, 0.2) is 0 Å². The number of hydrogen-bond donors (Lipinski definition) is 2. The van der Waals surface area contributed by atoms with E-state index in [0.29, 0.717) is 0 Å². The fraction of sp³-hybridized carbons (Fsp3) is 0.667. The lowest BCUT2D eigenvalue weighted by Crippen LogP contribution is -2.21. The highest BCUT2D eigenvalue weighted by Gasteiger charge is 2.02. The minimum Gasteiger partial charge on any atom is -0.330 e. The zero-order valence-corrected chi connectivity index (χ0v) is 10.6. The summed E-state index contributed by atoms with van der Waals surface area (Å²) in [5.74, 6) is 0.729. The second-order valence-corrected chi connectivity index (χ2v) is 4.99. The van der Waals surface area contributed by atoms with Crippen molar-refractivity contribution in [1.29, 1.82) is 0 Å². The first-order valence-electron chi connectivity index (χ1n) is 5.66. The molecule has 3 N–H and O–H groups in total. The number of thiophene rings is 1. The number of hydrogen-bond acceptors (Lipinski definition) is 3. The molecule has 15 heavy (non-hydrogen) atoms. The van der Waals surface area contributed by atoms with Crippen molar-refractivity contribution in [2.45, 2.75) is 33.2 Å². The second-order valence-electron chi connectivity index (χ2n) is 4.25. The molecular formula is C12H22N2S. The van der Waals surface area contributed by atoms with E-state index in [9.17, 15) is 0 Å². The Kier molecular flexibility index (Phi) is 5.91. The molecule has 0 amide bonds. The summed E-state index contributed by atoms with van der Waals surface area (Å²) >= 11 is 1.78. The van der Waals surface area contributed by atoms with Crippen LogP contribution >= 0.6 is 11.3 Å². The first-order valence-corrected chi connectivity index (χ1v) is 6.60. The van der Waals surface area contributed by atoms with E-state index in [2.05, 4.69) is 29.9 Å². The highest BCUT2D eigenvalue weighted by Crippen LogP contribution is 2.13. The fourth-order valence-corrected chi connectivity index (χ4v) is 2.45. The summed E-state index contributed by atoms with van der Waals surface area (Å²) in [6.45, 7) is 7.36. The molecule has 0 bridgehead atoms. The molecule has 0 aliphatic carbocycles. The van der Waals surface area contributed by atoms with Gasteiger partial charge >= 0.3 is 0 Å². The maximum atomic E-state index is 5.48. The van der Waals surface area contributed by atoms with Crippen LogP contribution in [0.5, 0.6) is 0 Å². The molecule has 1 aromatic heterocycles. The van der Waals surface area contributed by atoms with E-state index < -0.39 is 0 Å². The zero-order chi connectivity index (χ0) is 11.1. The molecule has 0 saturated heterocycles. The summed E-state index contributed by atoms with van der Waals surface area (Å²) in [4.78, 5) is 0. The van der Waals surface area contributed by atoms with Gasteiger partial charge in [0.2, 0.25) is 0 Å². The highest BCUT2D eigenvalue weighted by atomic mass is 32.1.